The van der Waals surface area contributed by atoms with Crippen molar-refractivity contribution in [2.24, 2.45) is 0 Å². The van der Waals surface area contributed by atoms with Crippen LogP contribution in [0.5, 0.6) is 0 Å². The van der Waals surface area contributed by atoms with Crippen molar-refractivity contribution in [3.63, 3.8) is 0 Å². The predicted octanol–water partition coefficient (Wildman–Crippen LogP) is 3.78. The average Bonchev–Trinajstić information content (AvgIpc) is 2.93. The van der Waals surface area contributed by atoms with Crippen molar-refractivity contribution in [2.45, 2.75) is 25.2 Å². The predicted molar refractivity (Wildman–Crippen MR) is 109 cm³/mol. The molecule has 0 saturated heterocycles. The minimum atomic E-state index is -3.27. The number of allylic oxidation sites excluding steroid dienone is 1. The highest BCUT2D eigenvalue weighted by atomic mass is 32.2. The molecule has 28 heavy (non-hydrogen) atoms. The van der Waals surface area contributed by atoms with Gasteiger partial charge < -0.3 is 5.32 Å². The molecule has 146 valence electrons. The van der Waals surface area contributed by atoms with Crippen LogP contribution >= 0.6 is 0 Å². The maximum absolute atomic E-state index is 13.9. The van der Waals surface area contributed by atoms with Crippen LogP contribution in [0.2, 0.25) is 0 Å². The number of carbonyl (C=O) groups is 1. The van der Waals surface area contributed by atoms with Gasteiger partial charge in [0, 0.05) is 19.7 Å². The first-order valence-corrected chi connectivity index (χ1v) is 10.8. The fourth-order valence-electron chi connectivity index (χ4n) is 3.43. The first-order chi connectivity index (χ1) is 13.1. The Kier molecular flexibility index (Phi) is 5.52. The van der Waals surface area contributed by atoms with Crippen LogP contribution < -0.4 is 5.32 Å². The van der Waals surface area contributed by atoms with Gasteiger partial charge in [0.2, 0.25) is 5.91 Å². The highest BCUT2D eigenvalue weighted by Crippen LogP contribution is 2.38. The maximum Gasteiger partial charge on any atom is 0.217 e. The molecule has 1 N–H and O–H groups in total. The van der Waals surface area contributed by atoms with Gasteiger partial charge in [0.15, 0.2) is 9.84 Å². The van der Waals surface area contributed by atoms with Crippen LogP contribution in [-0.4, -0.2) is 27.1 Å². The Morgan fingerprint density at radius 1 is 1.18 bits per heavy atom. The number of amides is 1. The van der Waals surface area contributed by atoms with Gasteiger partial charge in [-0.3, -0.25) is 4.79 Å². The SMILES string of the molecule is CC(=O)NCC(=Cc1ccc(S(C)(=O)=O)cc1)C1=C(C)Cc2ccc(F)cc21. The number of fused-ring (bicyclic) bond motifs is 1. The Morgan fingerprint density at radius 3 is 2.46 bits per heavy atom. The largest absolute Gasteiger partial charge is 0.352 e. The first kappa shape index (κ1) is 20.0. The van der Waals surface area contributed by atoms with Gasteiger partial charge in [0.1, 0.15) is 5.82 Å². The summed E-state index contributed by atoms with van der Waals surface area (Å²) >= 11 is 0. The molecule has 0 aliphatic heterocycles. The topological polar surface area (TPSA) is 63.2 Å². The summed E-state index contributed by atoms with van der Waals surface area (Å²) in [5.74, 6) is -0.462. The zero-order valence-electron chi connectivity index (χ0n) is 16.0. The summed E-state index contributed by atoms with van der Waals surface area (Å²) in [6, 6.07) is 11.3. The molecule has 0 unspecified atom stereocenters. The lowest BCUT2D eigenvalue weighted by atomic mass is 9.95. The molecule has 0 bridgehead atoms. The summed E-state index contributed by atoms with van der Waals surface area (Å²) in [6.07, 6.45) is 3.80. The Morgan fingerprint density at radius 2 is 1.86 bits per heavy atom. The fraction of sp³-hybridized carbons (Fsp3) is 0.227. The molecule has 2 aromatic rings. The number of halogens is 1. The van der Waals surface area contributed by atoms with E-state index in [1.807, 2.05) is 13.0 Å². The third-order valence-corrected chi connectivity index (χ3v) is 5.85. The Bertz CT molecular complexity index is 1100. The number of benzene rings is 2. The Hall–Kier alpha value is -2.73. The highest BCUT2D eigenvalue weighted by molar-refractivity contribution is 7.90. The molecule has 2 aromatic carbocycles. The van der Waals surface area contributed by atoms with Crippen molar-refractivity contribution in [3.8, 4) is 0 Å². The zero-order valence-corrected chi connectivity index (χ0v) is 16.9. The van der Waals surface area contributed by atoms with Crippen LogP contribution in [0.25, 0.3) is 11.6 Å². The van der Waals surface area contributed by atoms with Crippen molar-refractivity contribution in [3.05, 3.63) is 76.1 Å². The molecule has 4 nitrogen and oxygen atoms in total. The quantitative estimate of drug-likeness (QED) is 0.832. The minimum absolute atomic E-state index is 0.158. The summed E-state index contributed by atoms with van der Waals surface area (Å²) in [6.45, 7) is 3.75. The van der Waals surface area contributed by atoms with Gasteiger partial charge >= 0.3 is 0 Å². The summed E-state index contributed by atoms with van der Waals surface area (Å²) < 4.78 is 37.2. The van der Waals surface area contributed by atoms with Crippen molar-refractivity contribution in [2.75, 3.05) is 12.8 Å². The monoisotopic (exact) mass is 399 g/mol. The molecule has 1 aliphatic rings. The lowest BCUT2D eigenvalue weighted by molar-refractivity contribution is -0.118. The van der Waals surface area contributed by atoms with E-state index >= 15 is 0 Å². The molecule has 0 atom stereocenters. The van der Waals surface area contributed by atoms with Crippen LogP contribution in [0.4, 0.5) is 4.39 Å². The zero-order chi connectivity index (χ0) is 20.5. The summed E-state index contributed by atoms with van der Waals surface area (Å²) in [4.78, 5) is 11.7. The summed E-state index contributed by atoms with van der Waals surface area (Å²) in [7, 11) is -3.27. The number of carbonyl (C=O) groups excluding carboxylic acids is 1. The van der Waals surface area contributed by atoms with Crippen LogP contribution in [0.1, 0.15) is 30.5 Å². The van der Waals surface area contributed by atoms with Gasteiger partial charge in [-0.25, -0.2) is 12.8 Å². The molecule has 0 fully saturated rings. The molecular weight excluding hydrogens is 377 g/mol. The number of hydrogen-bond acceptors (Lipinski definition) is 3. The molecule has 0 spiro atoms. The third-order valence-electron chi connectivity index (χ3n) is 4.72. The van der Waals surface area contributed by atoms with Crippen LogP contribution in [0, 0.1) is 5.82 Å². The maximum atomic E-state index is 13.9. The number of rotatable bonds is 5. The Labute approximate surface area is 164 Å². The van der Waals surface area contributed by atoms with E-state index in [-0.39, 0.29) is 16.6 Å². The lowest BCUT2D eigenvalue weighted by Crippen LogP contribution is -2.22. The van der Waals surface area contributed by atoms with E-state index in [1.165, 1.54) is 19.1 Å². The summed E-state index contributed by atoms with van der Waals surface area (Å²) in [5.41, 5.74) is 5.57. The van der Waals surface area contributed by atoms with Crippen LogP contribution in [0.15, 0.2) is 58.5 Å². The van der Waals surface area contributed by atoms with Gasteiger partial charge in [-0.1, -0.05) is 23.8 Å². The van der Waals surface area contributed by atoms with Crippen molar-refractivity contribution < 1.29 is 17.6 Å². The van der Waals surface area contributed by atoms with E-state index in [0.29, 0.717) is 6.54 Å². The number of nitrogens with one attached hydrogen (secondary N) is 1. The molecule has 6 heteroatoms. The normalized spacial score (nSPS) is 14.2. The Balaban J connectivity index is 2.05. The van der Waals surface area contributed by atoms with Gasteiger partial charge in [0.25, 0.3) is 0 Å². The van der Waals surface area contributed by atoms with Gasteiger partial charge in [0.05, 0.1) is 4.90 Å². The van der Waals surface area contributed by atoms with Crippen molar-refractivity contribution in [1.82, 2.24) is 5.32 Å². The van der Waals surface area contributed by atoms with E-state index in [0.717, 1.165) is 46.1 Å². The second-order valence-corrected chi connectivity index (χ2v) is 9.07. The molecule has 0 heterocycles. The van der Waals surface area contributed by atoms with Crippen molar-refractivity contribution >= 4 is 27.4 Å². The average molecular weight is 399 g/mol. The fourth-order valence-corrected chi connectivity index (χ4v) is 4.06. The smallest absolute Gasteiger partial charge is 0.217 e. The molecule has 3 rings (SSSR count). The van der Waals surface area contributed by atoms with Crippen molar-refractivity contribution in [1.29, 1.82) is 0 Å². The second-order valence-electron chi connectivity index (χ2n) is 7.05. The molecule has 0 aromatic heterocycles. The number of sulfone groups is 1. The van der Waals surface area contributed by atoms with E-state index in [9.17, 15) is 17.6 Å². The minimum Gasteiger partial charge on any atom is -0.352 e. The summed E-state index contributed by atoms with van der Waals surface area (Å²) in [5, 5.41) is 2.81. The third kappa shape index (κ3) is 4.39. The number of hydrogen-bond donors (Lipinski definition) is 1. The van der Waals surface area contributed by atoms with Crippen LogP contribution in [-0.2, 0) is 21.1 Å². The van der Waals surface area contributed by atoms with E-state index in [1.54, 1.807) is 30.3 Å². The standard InChI is InChI=1S/C22H22FNO3S/c1-14-10-17-6-7-19(23)12-21(17)22(14)18(13-24-15(2)25)11-16-4-8-20(9-5-16)28(3,26)27/h4-9,11-12H,10,13H2,1-3H3,(H,24,25). The molecule has 1 aliphatic carbocycles. The molecular formula is C22H22FNO3S. The highest BCUT2D eigenvalue weighted by Gasteiger charge is 2.22. The van der Waals surface area contributed by atoms with Gasteiger partial charge in [-0.15, -0.1) is 0 Å². The second kappa shape index (κ2) is 7.72. The van der Waals surface area contributed by atoms with Gasteiger partial charge in [-0.05, 0) is 71.5 Å². The molecule has 1 amide bonds. The van der Waals surface area contributed by atoms with Crippen LogP contribution in [0.3, 0.4) is 0 Å². The molecule has 0 saturated carbocycles. The van der Waals surface area contributed by atoms with E-state index in [2.05, 4.69) is 5.32 Å². The first-order valence-electron chi connectivity index (χ1n) is 8.89. The lowest BCUT2D eigenvalue weighted by Gasteiger charge is -2.14. The molecule has 0 radical (unpaired) electrons. The van der Waals surface area contributed by atoms with E-state index < -0.39 is 9.84 Å². The van der Waals surface area contributed by atoms with E-state index in [4.69, 9.17) is 0 Å². The van der Waals surface area contributed by atoms with Gasteiger partial charge in [-0.2, -0.15) is 0 Å².